The Morgan fingerprint density at radius 3 is 2.23 bits per heavy atom. The summed E-state index contributed by atoms with van der Waals surface area (Å²) in [7, 11) is 0. The number of aliphatic hydroxyl groups excluding tert-OH is 2. The van der Waals surface area contributed by atoms with Crippen LogP contribution in [0.2, 0.25) is 0 Å². The van der Waals surface area contributed by atoms with E-state index in [0.717, 1.165) is 48.9 Å². The Labute approximate surface area is 161 Å². The molecule has 0 spiro atoms. The first-order chi connectivity index (χ1) is 12.3. The molecule has 10 atom stereocenters. The molecule has 4 rings (SSSR count). The Bertz CT molecular complexity index is 518. The van der Waals surface area contributed by atoms with Crippen LogP contribution in [0.4, 0.5) is 0 Å². The molecule has 26 heavy (non-hydrogen) atoms. The second-order valence-electron chi connectivity index (χ2n) is 11.2. The maximum atomic E-state index is 10.7. The second-order valence-corrected chi connectivity index (χ2v) is 11.2. The first kappa shape index (κ1) is 19.2. The molecule has 0 aromatic heterocycles. The van der Waals surface area contributed by atoms with Crippen molar-refractivity contribution in [2.45, 2.75) is 104 Å². The molecule has 150 valence electrons. The van der Waals surface area contributed by atoms with E-state index < -0.39 is 12.2 Å². The van der Waals surface area contributed by atoms with Crippen LogP contribution >= 0.6 is 0 Å². The van der Waals surface area contributed by atoms with Gasteiger partial charge in [-0.1, -0.05) is 40.5 Å². The number of rotatable bonds is 3. The Morgan fingerprint density at radius 1 is 0.846 bits per heavy atom. The largest absolute Gasteiger partial charge is 0.390 e. The molecule has 4 saturated carbocycles. The minimum Gasteiger partial charge on any atom is -0.390 e. The quantitative estimate of drug-likeness (QED) is 0.704. The van der Waals surface area contributed by atoms with Crippen molar-refractivity contribution in [2.75, 3.05) is 0 Å². The molecule has 0 saturated heterocycles. The Morgan fingerprint density at radius 2 is 1.50 bits per heavy atom. The first-order valence-electron chi connectivity index (χ1n) is 11.7. The molecule has 0 amide bonds. The maximum Gasteiger partial charge on any atom is 0.0832 e. The predicted octanol–water partition coefficient (Wildman–Crippen LogP) is 5.41. The highest BCUT2D eigenvalue weighted by Gasteiger charge is 2.61. The van der Waals surface area contributed by atoms with Gasteiger partial charge in [-0.15, -0.1) is 0 Å². The molecule has 0 aliphatic heterocycles. The van der Waals surface area contributed by atoms with Gasteiger partial charge in [0.25, 0.3) is 0 Å². The SMILES string of the molecule is CCC[C@@H](C)[C@H]1CC[C@H]2[C@@H]3CCC4[C@@H](O)[C@@H](O)CC[C@]4(C)[C@H]3CC[C@]12C. The van der Waals surface area contributed by atoms with E-state index in [1.165, 1.54) is 44.9 Å². The highest BCUT2D eigenvalue weighted by molar-refractivity contribution is 5.11. The van der Waals surface area contributed by atoms with E-state index in [9.17, 15) is 10.2 Å². The third kappa shape index (κ3) is 2.65. The van der Waals surface area contributed by atoms with Gasteiger partial charge >= 0.3 is 0 Å². The average molecular weight is 363 g/mol. The van der Waals surface area contributed by atoms with Crippen LogP contribution in [-0.4, -0.2) is 22.4 Å². The fourth-order valence-electron chi connectivity index (χ4n) is 8.95. The van der Waals surface area contributed by atoms with Crippen molar-refractivity contribution >= 4 is 0 Å². The number of hydrogen-bond donors (Lipinski definition) is 2. The lowest BCUT2D eigenvalue weighted by molar-refractivity contribution is -0.174. The number of aliphatic hydroxyl groups is 2. The Hall–Kier alpha value is -0.0800. The van der Waals surface area contributed by atoms with Gasteiger partial charge in [0.15, 0.2) is 0 Å². The summed E-state index contributed by atoms with van der Waals surface area (Å²) in [6.07, 6.45) is 11.8. The smallest absolute Gasteiger partial charge is 0.0832 e. The van der Waals surface area contributed by atoms with E-state index in [0.29, 0.717) is 11.3 Å². The van der Waals surface area contributed by atoms with Crippen molar-refractivity contribution < 1.29 is 10.2 Å². The van der Waals surface area contributed by atoms with Crippen LogP contribution in [-0.2, 0) is 0 Å². The summed E-state index contributed by atoms with van der Waals surface area (Å²) >= 11 is 0. The van der Waals surface area contributed by atoms with Crippen LogP contribution in [0.1, 0.15) is 91.9 Å². The molecule has 1 unspecified atom stereocenters. The molecule has 2 nitrogen and oxygen atoms in total. The number of fused-ring (bicyclic) bond motifs is 5. The zero-order valence-corrected chi connectivity index (χ0v) is 17.6. The molecule has 2 N–H and O–H groups in total. The van der Waals surface area contributed by atoms with Gasteiger partial charge in [0, 0.05) is 0 Å². The van der Waals surface area contributed by atoms with Gasteiger partial charge in [-0.2, -0.15) is 0 Å². The third-order valence-electron chi connectivity index (χ3n) is 10.2. The second kappa shape index (κ2) is 6.76. The summed E-state index contributed by atoms with van der Waals surface area (Å²) in [6, 6.07) is 0. The van der Waals surface area contributed by atoms with Crippen molar-refractivity contribution in [3.8, 4) is 0 Å². The van der Waals surface area contributed by atoms with Crippen LogP contribution in [0.5, 0.6) is 0 Å². The summed E-state index contributed by atoms with van der Waals surface area (Å²) < 4.78 is 0. The molecule has 4 fully saturated rings. The standard InChI is InChI=1S/C24H42O2/c1-5-6-15(2)17-9-10-18-16-7-8-20-22(26)21(25)12-14-24(20,4)19(16)11-13-23(17,18)3/h15-22,25-26H,5-14H2,1-4H3/t15-,16+,17-,18+,19+,20?,21+,22-,23-,24-/m1/s1. The van der Waals surface area contributed by atoms with Crippen LogP contribution in [0.15, 0.2) is 0 Å². The van der Waals surface area contributed by atoms with Crippen molar-refractivity contribution in [2.24, 2.45) is 46.3 Å². The summed E-state index contributed by atoms with van der Waals surface area (Å²) in [6.45, 7) is 9.97. The molecule has 0 radical (unpaired) electrons. The molecule has 0 aromatic rings. The van der Waals surface area contributed by atoms with Crippen molar-refractivity contribution in [3.63, 3.8) is 0 Å². The van der Waals surface area contributed by atoms with Crippen molar-refractivity contribution in [3.05, 3.63) is 0 Å². The van der Waals surface area contributed by atoms with Gasteiger partial charge in [-0.3, -0.25) is 0 Å². The van der Waals surface area contributed by atoms with Gasteiger partial charge in [-0.25, -0.2) is 0 Å². The van der Waals surface area contributed by atoms with Gasteiger partial charge in [0.1, 0.15) is 0 Å². The molecular formula is C24H42O2. The van der Waals surface area contributed by atoms with Crippen LogP contribution in [0, 0.1) is 46.3 Å². The van der Waals surface area contributed by atoms with E-state index in [-0.39, 0.29) is 5.41 Å². The van der Waals surface area contributed by atoms with Gasteiger partial charge < -0.3 is 10.2 Å². The van der Waals surface area contributed by atoms with Crippen LogP contribution in [0.3, 0.4) is 0 Å². The average Bonchev–Trinajstić information content (AvgIpc) is 2.96. The predicted molar refractivity (Wildman–Crippen MR) is 107 cm³/mol. The molecule has 0 bridgehead atoms. The highest BCUT2D eigenvalue weighted by atomic mass is 16.3. The summed E-state index contributed by atoms with van der Waals surface area (Å²) in [5.41, 5.74) is 0.821. The summed E-state index contributed by atoms with van der Waals surface area (Å²) in [5, 5.41) is 20.9. The van der Waals surface area contributed by atoms with Crippen molar-refractivity contribution in [1.29, 1.82) is 0 Å². The lowest BCUT2D eigenvalue weighted by Crippen LogP contribution is -2.58. The zero-order valence-electron chi connectivity index (χ0n) is 17.6. The van der Waals surface area contributed by atoms with E-state index in [1.807, 2.05) is 0 Å². The number of hydrogen-bond acceptors (Lipinski definition) is 2. The molecule has 0 aromatic carbocycles. The first-order valence-corrected chi connectivity index (χ1v) is 11.7. The van der Waals surface area contributed by atoms with E-state index >= 15 is 0 Å². The monoisotopic (exact) mass is 362 g/mol. The van der Waals surface area contributed by atoms with E-state index in [1.54, 1.807) is 0 Å². The lowest BCUT2D eigenvalue weighted by Gasteiger charge is -2.62. The molecule has 0 heterocycles. The topological polar surface area (TPSA) is 40.5 Å². The van der Waals surface area contributed by atoms with Gasteiger partial charge in [0.2, 0.25) is 0 Å². The van der Waals surface area contributed by atoms with Gasteiger partial charge in [-0.05, 0) is 97.7 Å². The van der Waals surface area contributed by atoms with Crippen LogP contribution < -0.4 is 0 Å². The Balaban J connectivity index is 1.57. The summed E-state index contributed by atoms with van der Waals surface area (Å²) in [4.78, 5) is 0. The Kier molecular flexibility index (Phi) is 5.01. The molecule has 4 aliphatic rings. The zero-order chi connectivity index (χ0) is 18.7. The maximum absolute atomic E-state index is 10.7. The fourth-order valence-corrected chi connectivity index (χ4v) is 8.95. The minimum absolute atomic E-state index is 0.260. The van der Waals surface area contributed by atoms with E-state index in [4.69, 9.17) is 0 Å². The molecular weight excluding hydrogens is 320 g/mol. The fraction of sp³-hybridized carbons (Fsp3) is 1.00. The van der Waals surface area contributed by atoms with Crippen LogP contribution in [0.25, 0.3) is 0 Å². The van der Waals surface area contributed by atoms with E-state index in [2.05, 4.69) is 27.7 Å². The summed E-state index contributed by atoms with van der Waals surface area (Å²) in [5.74, 6) is 4.70. The normalized spacial score (nSPS) is 54.9. The van der Waals surface area contributed by atoms with Crippen molar-refractivity contribution in [1.82, 2.24) is 0 Å². The highest BCUT2D eigenvalue weighted by Crippen LogP contribution is 2.68. The lowest BCUT2D eigenvalue weighted by atomic mass is 9.44. The van der Waals surface area contributed by atoms with Gasteiger partial charge in [0.05, 0.1) is 12.2 Å². The molecule has 2 heteroatoms. The minimum atomic E-state index is -0.482. The third-order valence-corrected chi connectivity index (χ3v) is 10.2. The molecule has 4 aliphatic carbocycles.